The summed E-state index contributed by atoms with van der Waals surface area (Å²) >= 11 is 0. The standard InChI is InChI=1S/C8H11NO3/c1-7(11,5-10)8(4-9)2-3-12-6-8/h5,11H,2-3,6H2,1H3. The van der Waals surface area contributed by atoms with Crippen LogP contribution < -0.4 is 0 Å². The highest BCUT2D eigenvalue weighted by Gasteiger charge is 2.50. The van der Waals surface area contributed by atoms with Crippen LogP contribution in [0.5, 0.6) is 0 Å². The van der Waals surface area contributed by atoms with Gasteiger partial charge in [0.15, 0.2) is 6.29 Å². The monoisotopic (exact) mass is 169 g/mol. The van der Waals surface area contributed by atoms with Gasteiger partial charge in [-0.05, 0) is 13.3 Å². The Morgan fingerprint density at radius 2 is 2.50 bits per heavy atom. The molecule has 2 unspecified atom stereocenters. The van der Waals surface area contributed by atoms with Gasteiger partial charge in [0.05, 0.1) is 12.7 Å². The molecule has 1 rings (SSSR count). The summed E-state index contributed by atoms with van der Waals surface area (Å²) in [6.45, 7) is 1.91. The predicted molar refractivity (Wildman–Crippen MR) is 40.2 cm³/mol. The molecular weight excluding hydrogens is 158 g/mol. The quantitative estimate of drug-likeness (QED) is 0.584. The first-order valence-corrected chi connectivity index (χ1v) is 3.76. The van der Waals surface area contributed by atoms with Crippen LogP contribution in [0.3, 0.4) is 0 Å². The number of carbonyl (C=O) groups excluding carboxylic acids is 1. The molecule has 0 aromatic heterocycles. The molecule has 0 bridgehead atoms. The van der Waals surface area contributed by atoms with E-state index in [1.54, 1.807) is 0 Å². The van der Waals surface area contributed by atoms with E-state index >= 15 is 0 Å². The van der Waals surface area contributed by atoms with Crippen molar-refractivity contribution >= 4 is 6.29 Å². The highest BCUT2D eigenvalue weighted by molar-refractivity contribution is 5.64. The number of rotatable bonds is 2. The zero-order valence-electron chi connectivity index (χ0n) is 6.91. The van der Waals surface area contributed by atoms with Gasteiger partial charge in [-0.15, -0.1) is 0 Å². The van der Waals surface area contributed by atoms with Crippen LogP contribution in [0, 0.1) is 16.7 Å². The molecule has 4 heteroatoms. The molecule has 1 saturated heterocycles. The summed E-state index contributed by atoms with van der Waals surface area (Å²) in [6, 6.07) is 1.96. The lowest BCUT2D eigenvalue weighted by Crippen LogP contribution is -2.47. The second-order valence-electron chi connectivity index (χ2n) is 3.26. The molecule has 0 aliphatic carbocycles. The predicted octanol–water partition coefficient (Wildman–Crippen LogP) is -0.133. The SMILES string of the molecule is CC(O)(C=O)C1(C#N)CCOC1. The Kier molecular flexibility index (Phi) is 2.18. The Bertz CT molecular complexity index is 223. The molecule has 0 aromatic carbocycles. The van der Waals surface area contributed by atoms with Crippen LogP contribution in [0.1, 0.15) is 13.3 Å². The first-order valence-electron chi connectivity index (χ1n) is 3.76. The normalized spacial score (nSPS) is 33.8. The molecule has 0 aromatic rings. The lowest BCUT2D eigenvalue weighted by atomic mass is 9.74. The van der Waals surface area contributed by atoms with Gasteiger partial charge >= 0.3 is 0 Å². The van der Waals surface area contributed by atoms with Crippen LogP contribution in [-0.2, 0) is 9.53 Å². The number of aliphatic hydroxyl groups is 1. The highest BCUT2D eigenvalue weighted by atomic mass is 16.5. The van der Waals surface area contributed by atoms with E-state index in [1.807, 2.05) is 6.07 Å². The third-order valence-corrected chi connectivity index (χ3v) is 2.43. The molecule has 0 saturated carbocycles. The number of ether oxygens (including phenoxy) is 1. The summed E-state index contributed by atoms with van der Waals surface area (Å²) in [7, 11) is 0. The molecule has 66 valence electrons. The number of nitriles is 1. The minimum Gasteiger partial charge on any atom is -0.381 e. The topological polar surface area (TPSA) is 70.3 Å². The summed E-state index contributed by atoms with van der Waals surface area (Å²) < 4.78 is 5.00. The van der Waals surface area contributed by atoms with E-state index in [4.69, 9.17) is 10.00 Å². The molecular formula is C8H11NO3. The van der Waals surface area contributed by atoms with Crippen molar-refractivity contribution in [1.82, 2.24) is 0 Å². The lowest BCUT2D eigenvalue weighted by molar-refractivity contribution is -0.132. The fourth-order valence-electron chi connectivity index (χ4n) is 1.28. The summed E-state index contributed by atoms with van der Waals surface area (Å²) in [5.74, 6) is 0. The van der Waals surface area contributed by atoms with Crippen molar-refractivity contribution in [2.24, 2.45) is 5.41 Å². The zero-order chi connectivity index (χ0) is 9.24. The van der Waals surface area contributed by atoms with Gasteiger partial charge in [-0.25, -0.2) is 0 Å². The van der Waals surface area contributed by atoms with Crippen LogP contribution >= 0.6 is 0 Å². The van der Waals surface area contributed by atoms with Crippen molar-refractivity contribution in [2.45, 2.75) is 18.9 Å². The van der Waals surface area contributed by atoms with Crippen LogP contribution in [0.25, 0.3) is 0 Å². The average Bonchev–Trinajstić information content (AvgIpc) is 2.53. The molecule has 0 radical (unpaired) electrons. The lowest BCUT2D eigenvalue weighted by Gasteiger charge is -2.30. The fourth-order valence-corrected chi connectivity index (χ4v) is 1.28. The third-order valence-electron chi connectivity index (χ3n) is 2.43. The fraction of sp³-hybridized carbons (Fsp3) is 0.750. The molecule has 0 amide bonds. The van der Waals surface area contributed by atoms with Crippen molar-refractivity contribution in [3.8, 4) is 6.07 Å². The van der Waals surface area contributed by atoms with Crippen molar-refractivity contribution < 1.29 is 14.6 Å². The van der Waals surface area contributed by atoms with Gasteiger partial charge < -0.3 is 14.6 Å². The second kappa shape index (κ2) is 2.85. The number of nitrogens with zero attached hydrogens (tertiary/aromatic N) is 1. The summed E-state index contributed by atoms with van der Waals surface area (Å²) in [6.07, 6.45) is 0.820. The van der Waals surface area contributed by atoms with E-state index in [-0.39, 0.29) is 6.61 Å². The van der Waals surface area contributed by atoms with Gasteiger partial charge in [0, 0.05) is 6.61 Å². The first kappa shape index (κ1) is 9.17. The maximum absolute atomic E-state index is 10.5. The van der Waals surface area contributed by atoms with Gasteiger partial charge in [-0.2, -0.15) is 5.26 Å². The Morgan fingerprint density at radius 3 is 2.83 bits per heavy atom. The molecule has 4 nitrogen and oxygen atoms in total. The molecule has 1 N–H and O–H groups in total. The van der Waals surface area contributed by atoms with E-state index in [0.29, 0.717) is 19.3 Å². The Labute approximate surface area is 70.7 Å². The third kappa shape index (κ3) is 1.11. The Morgan fingerprint density at radius 1 is 1.83 bits per heavy atom. The molecule has 1 heterocycles. The van der Waals surface area contributed by atoms with E-state index in [1.165, 1.54) is 6.92 Å². The summed E-state index contributed by atoms with van der Waals surface area (Å²) in [5.41, 5.74) is -2.65. The minimum absolute atomic E-state index is 0.134. The van der Waals surface area contributed by atoms with Crippen LogP contribution in [0.15, 0.2) is 0 Å². The average molecular weight is 169 g/mol. The van der Waals surface area contributed by atoms with Crippen molar-refractivity contribution in [3.05, 3.63) is 0 Å². The van der Waals surface area contributed by atoms with Gasteiger partial charge in [0.2, 0.25) is 0 Å². The number of hydrogen-bond acceptors (Lipinski definition) is 4. The summed E-state index contributed by atoms with van der Waals surface area (Å²) in [4.78, 5) is 10.5. The van der Waals surface area contributed by atoms with Gasteiger partial charge in [-0.1, -0.05) is 0 Å². The van der Waals surface area contributed by atoms with E-state index in [0.717, 1.165) is 0 Å². The molecule has 1 fully saturated rings. The maximum atomic E-state index is 10.5. The van der Waals surface area contributed by atoms with Crippen molar-refractivity contribution in [3.63, 3.8) is 0 Å². The van der Waals surface area contributed by atoms with Gasteiger partial charge in [0.1, 0.15) is 11.0 Å². The smallest absolute Gasteiger partial charge is 0.153 e. The Balaban J connectivity index is 2.95. The van der Waals surface area contributed by atoms with E-state index in [2.05, 4.69) is 0 Å². The second-order valence-corrected chi connectivity index (χ2v) is 3.26. The van der Waals surface area contributed by atoms with Crippen molar-refractivity contribution in [1.29, 1.82) is 5.26 Å². The molecule has 1 aliphatic rings. The minimum atomic E-state index is -1.60. The van der Waals surface area contributed by atoms with Crippen LogP contribution in [0.4, 0.5) is 0 Å². The Hall–Kier alpha value is -0.920. The molecule has 12 heavy (non-hydrogen) atoms. The molecule has 2 atom stereocenters. The van der Waals surface area contributed by atoms with Crippen molar-refractivity contribution in [2.75, 3.05) is 13.2 Å². The maximum Gasteiger partial charge on any atom is 0.153 e. The number of hydrogen-bond donors (Lipinski definition) is 1. The zero-order valence-corrected chi connectivity index (χ0v) is 6.91. The van der Waals surface area contributed by atoms with Gasteiger partial charge in [0.25, 0.3) is 0 Å². The van der Waals surface area contributed by atoms with E-state index < -0.39 is 11.0 Å². The van der Waals surface area contributed by atoms with E-state index in [9.17, 15) is 9.90 Å². The summed E-state index contributed by atoms with van der Waals surface area (Å²) in [5, 5.41) is 18.4. The highest BCUT2D eigenvalue weighted by Crippen LogP contribution is 2.37. The molecule has 0 spiro atoms. The number of aldehydes is 1. The van der Waals surface area contributed by atoms with Crippen LogP contribution in [0.2, 0.25) is 0 Å². The number of carbonyl (C=O) groups is 1. The van der Waals surface area contributed by atoms with Crippen LogP contribution in [-0.4, -0.2) is 30.2 Å². The molecule has 1 aliphatic heterocycles. The first-order chi connectivity index (χ1) is 5.58. The largest absolute Gasteiger partial charge is 0.381 e. The van der Waals surface area contributed by atoms with Gasteiger partial charge in [-0.3, -0.25) is 0 Å².